The van der Waals surface area contributed by atoms with Crippen LogP contribution in [0.4, 0.5) is 0 Å². The molecule has 0 spiro atoms. The van der Waals surface area contributed by atoms with Crippen LogP contribution < -0.4 is 15.0 Å². The Labute approximate surface area is 177 Å². The van der Waals surface area contributed by atoms with Gasteiger partial charge in [-0.2, -0.15) is 0 Å². The molecule has 0 unspecified atom stereocenters. The van der Waals surface area contributed by atoms with Gasteiger partial charge in [-0.25, -0.2) is 4.98 Å². The molecule has 2 aromatic carbocycles. The fourth-order valence-electron chi connectivity index (χ4n) is 2.91. The normalized spacial score (nSPS) is 10.8. The van der Waals surface area contributed by atoms with Gasteiger partial charge in [0.1, 0.15) is 6.54 Å². The van der Waals surface area contributed by atoms with Crippen molar-refractivity contribution >= 4 is 40.0 Å². The highest BCUT2D eigenvalue weighted by Crippen LogP contribution is 2.28. The number of carbonyl (C=O) groups excluding carboxylic acids is 1. The largest absolute Gasteiger partial charge is 0.493 e. The Hall–Kier alpha value is -2.77. The van der Waals surface area contributed by atoms with E-state index in [0.717, 1.165) is 5.56 Å². The summed E-state index contributed by atoms with van der Waals surface area (Å²) in [6, 6.07) is 8.43. The fraction of sp³-hybridized carbons (Fsp3) is 0.250. The molecular weight excluding hydrogens is 417 g/mol. The van der Waals surface area contributed by atoms with Gasteiger partial charge in [-0.15, -0.1) is 0 Å². The Kier molecular flexibility index (Phi) is 6.30. The van der Waals surface area contributed by atoms with Crippen LogP contribution in [0.15, 0.2) is 41.5 Å². The zero-order valence-electron chi connectivity index (χ0n) is 16.1. The lowest BCUT2D eigenvalue weighted by Gasteiger charge is -2.19. The maximum atomic E-state index is 12.7. The Morgan fingerprint density at radius 3 is 2.55 bits per heavy atom. The number of amides is 1. The number of ether oxygens (including phenoxy) is 2. The summed E-state index contributed by atoms with van der Waals surface area (Å²) >= 11 is 12.1. The van der Waals surface area contributed by atoms with Crippen molar-refractivity contribution in [2.24, 2.45) is 0 Å². The van der Waals surface area contributed by atoms with Gasteiger partial charge in [0.15, 0.2) is 11.5 Å². The summed E-state index contributed by atoms with van der Waals surface area (Å²) < 4.78 is 11.7. The quantitative estimate of drug-likeness (QED) is 0.593. The smallest absolute Gasteiger partial charge is 0.261 e. The van der Waals surface area contributed by atoms with E-state index in [4.69, 9.17) is 32.7 Å². The van der Waals surface area contributed by atoms with Crippen LogP contribution in [0.5, 0.6) is 11.5 Å². The molecule has 0 atom stereocenters. The van der Waals surface area contributed by atoms with Crippen molar-refractivity contribution in [2.75, 3.05) is 21.3 Å². The molecule has 9 heteroatoms. The standard InChI is InChI=1S/C20H19Cl2N3O4/c1-24(9-12-4-5-16(28-2)17(6-12)29-3)18(26)10-25-11-23-19-14(20(25)27)7-13(21)8-15(19)22/h4-8,11H,9-10H2,1-3H3. The first kappa shape index (κ1) is 21.0. The zero-order chi connectivity index (χ0) is 21.1. The Bertz CT molecular complexity index is 1130. The van der Waals surface area contributed by atoms with Crippen molar-refractivity contribution in [3.63, 3.8) is 0 Å². The van der Waals surface area contributed by atoms with Crippen molar-refractivity contribution in [3.05, 3.63) is 62.6 Å². The predicted molar refractivity (Wildman–Crippen MR) is 112 cm³/mol. The van der Waals surface area contributed by atoms with E-state index in [1.807, 2.05) is 6.07 Å². The summed E-state index contributed by atoms with van der Waals surface area (Å²) in [5.74, 6) is 0.932. The summed E-state index contributed by atoms with van der Waals surface area (Å²) in [5.41, 5.74) is 0.830. The summed E-state index contributed by atoms with van der Waals surface area (Å²) in [7, 11) is 4.77. The number of halogens is 2. The van der Waals surface area contributed by atoms with E-state index in [0.29, 0.717) is 28.6 Å². The van der Waals surface area contributed by atoms with E-state index in [-0.39, 0.29) is 28.4 Å². The number of hydrogen-bond acceptors (Lipinski definition) is 5. The molecular formula is C20H19Cl2N3O4. The first-order valence-corrected chi connectivity index (χ1v) is 9.38. The first-order chi connectivity index (χ1) is 13.8. The van der Waals surface area contributed by atoms with Crippen LogP contribution in [0.2, 0.25) is 10.0 Å². The molecule has 0 bridgehead atoms. The molecule has 1 aromatic heterocycles. The molecule has 0 radical (unpaired) electrons. The average molecular weight is 436 g/mol. The molecule has 0 N–H and O–H groups in total. The summed E-state index contributed by atoms with van der Waals surface area (Å²) in [6.45, 7) is 0.183. The molecule has 1 amide bonds. The fourth-order valence-corrected chi connectivity index (χ4v) is 3.46. The Morgan fingerprint density at radius 1 is 1.14 bits per heavy atom. The highest BCUT2D eigenvalue weighted by Gasteiger charge is 2.15. The van der Waals surface area contributed by atoms with E-state index in [2.05, 4.69) is 4.98 Å². The minimum Gasteiger partial charge on any atom is -0.493 e. The molecule has 0 saturated carbocycles. The first-order valence-electron chi connectivity index (χ1n) is 8.63. The number of aromatic nitrogens is 2. The molecule has 0 saturated heterocycles. The van der Waals surface area contributed by atoms with Crippen molar-refractivity contribution in [3.8, 4) is 11.5 Å². The monoisotopic (exact) mass is 435 g/mol. The van der Waals surface area contributed by atoms with Gasteiger partial charge in [0, 0.05) is 18.6 Å². The molecule has 3 aromatic rings. The molecule has 29 heavy (non-hydrogen) atoms. The minimum atomic E-state index is -0.382. The number of methoxy groups -OCH3 is 2. The third-order valence-corrected chi connectivity index (χ3v) is 4.95. The Morgan fingerprint density at radius 2 is 1.86 bits per heavy atom. The molecule has 7 nitrogen and oxygen atoms in total. The summed E-state index contributed by atoms with van der Waals surface area (Å²) in [6.07, 6.45) is 1.31. The van der Waals surface area contributed by atoms with E-state index >= 15 is 0 Å². The van der Waals surface area contributed by atoms with Gasteiger partial charge in [-0.3, -0.25) is 14.2 Å². The van der Waals surface area contributed by atoms with Gasteiger partial charge in [0.2, 0.25) is 5.91 Å². The number of benzene rings is 2. The second kappa shape index (κ2) is 8.71. The van der Waals surface area contributed by atoms with Crippen molar-refractivity contribution in [1.29, 1.82) is 0 Å². The van der Waals surface area contributed by atoms with Crippen LogP contribution in [-0.4, -0.2) is 41.6 Å². The number of fused-ring (bicyclic) bond motifs is 1. The third kappa shape index (κ3) is 4.46. The number of rotatable bonds is 6. The van der Waals surface area contributed by atoms with Gasteiger partial charge in [0.05, 0.1) is 36.5 Å². The number of likely N-dealkylation sites (N-methyl/N-ethyl adjacent to an activating group) is 1. The lowest BCUT2D eigenvalue weighted by Crippen LogP contribution is -2.33. The summed E-state index contributed by atoms with van der Waals surface area (Å²) in [4.78, 5) is 31.1. The van der Waals surface area contributed by atoms with Crippen molar-refractivity contribution < 1.29 is 14.3 Å². The van der Waals surface area contributed by atoms with Gasteiger partial charge in [-0.05, 0) is 29.8 Å². The molecule has 0 aliphatic carbocycles. The second-order valence-electron chi connectivity index (χ2n) is 6.40. The van der Waals surface area contributed by atoms with Crippen LogP contribution in [-0.2, 0) is 17.9 Å². The topological polar surface area (TPSA) is 73.7 Å². The lowest BCUT2D eigenvalue weighted by atomic mass is 10.2. The highest BCUT2D eigenvalue weighted by molar-refractivity contribution is 6.38. The SMILES string of the molecule is COc1ccc(CN(C)C(=O)Cn2cnc3c(Cl)cc(Cl)cc3c2=O)cc1OC. The molecule has 0 aliphatic heterocycles. The molecule has 3 rings (SSSR count). The predicted octanol–water partition coefficient (Wildman–Crippen LogP) is 3.38. The van der Waals surface area contributed by atoms with Crippen molar-refractivity contribution in [1.82, 2.24) is 14.5 Å². The summed E-state index contributed by atoms with van der Waals surface area (Å²) in [5, 5.41) is 0.880. The van der Waals surface area contributed by atoms with E-state index in [1.165, 1.54) is 27.9 Å². The number of nitrogens with zero attached hydrogens (tertiary/aromatic N) is 3. The van der Waals surface area contributed by atoms with E-state index < -0.39 is 0 Å². The maximum absolute atomic E-state index is 12.7. The van der Waals surface area contributed by atoms with Crippen LogP contribution in [0.25, 0.3) is 10.9 Å². The Balaban J connectivity index is 1.79. The van der Waals surface area contributed by atoms with Crippen molar-refractivity contribution in [2.45, 2.75) is 13.1 Å². The van der Waals surface area contributed by atoms with Gasteiger partial charge >= 0.3 is 0 Å². The maximum Gasteiger partial charge on any atom is 0.261 e. The van der Waals surface area contributed by atoms with Crippen LogP contribution in [0.1, 0.15) is 5.56 Å². The van der Waals surface area contributed by atoms with Crippen LogP contribution in [0, 0.1) is 0 Å². The molecule has 0 aliphatic rings. The molecule has 1 heterocycles. The highest BCUT2D eigenvalue weighted by atomic mass is 35.5. The van der Waals surface area contributed by atoms with E-state index in [1.54, 1.807) is 33.4 Å². The van der Waals surface area contributed by atoms with E-state index in [9.17, 15) is 9.59 Å². The van der Waals surface area contributed by atoms with Gasteiger partial charge in [0.25, 0.3) is 5.56 Å². The molecule has 0 fully saturated rings. The van der Waals surface area contributed by atoms with Gasteiger partial charge in [-0.1, -0.05) is 29.3 Å². The molecule has 152 valence electrons. The third-order valence-electron chi connectivity index (χ3n) is 4.44. The number of carbonyl (C=O) groups is 1. The van der Waals surface area contributed by atoms with Gasteiger partial charge < -0.3 is 14.4 Å². The van der Waals surface area contributed by atoms with Crippen LogP contribution in [0.3, 0.4) is 0 Å². The zero-order valence-corrected chi connectivity index (χ0v) is 17.6. The minimum absolute atomic E-state index is 0.157. The lowest BCUT2D eigenvalue weighted by molar-refractivity contribution is -0.131. The average Bonchev–Trinajstić information content (AvgIpc) is 2.70. The number of hydrogen-bond donors (Lipinski definition) is 0. The van der Waals surface area contributed by atoms with Crippen LogP contribution >= 0.6 is 23.2 Å². The second-order valence-corrected chi connectivity index (χ2v) is 7.24.